The topological polar surface area (TPSA) is 63.7 Å². The highest BCUT2D eigenvalue weighted by atomic mass is 32.2. The van der Waals surface area contributed by atoms with E-state index in [4.69, 9.17) is 4.84 Å². The summed E-state index contributed by atoms with van der Waals surface area (Å²) in [7, 11) is -3.63. The molecular weight excluding hydrogens is 398 g/mol. The molecule has 3 atom stereocenters. The maximum absolute atomic E-state index is 13.3. The van der Waals surface area contributed by atoms with E-state index in [2.05, 4.69) is 6.58 Å². The number of benzene rings is 2. The highest BCUT2D eigenvalue weighted by Gasteiger charge is 2.56. The molecule has 2 aliphatic rings. The van der Waals surface area contributed by atoms with E-state index < -0.39 is 15.3 Å². The summed E-state index contributed by atoms with van der Waals surface area (Å²) in [6.07, 6.45) is 3.30. The average molecular weight is 426 g/mol. The lowest BCUT2D eigenvalue weighted by atomic mass is 9.75. The molecule has 2 fully saturated rings. The lowest BCUT2D eigenvalue weighted by molar-refractivity contribution is -0.125. The summed E-state index contributed by atoms with van der Waals surface area (Å²) < 4.78 is 26.0. The van der Waals surface area contributed by atoms with Gasteiger partial charge >= 0.3 is 0 Å². The van der Waals surface area contributed by atoms with Gasteiger partial charge < -0.3 is 0 Å². The van der Waals surface area contributed by atoms with Crippen molar-refractivity contribution in [2.45, 2.75) is 50.0 Å². The molecule has 2 aromatic carbocycles. The van der Waals surface area contributed by atoms with E-state index in [0.29, 0.717) is 5.69 Å². The molecular formula is C24H27NO4S. The number of hydroxylamine groups is 1. The number of nitrogens with zero attached hydrogens (tertiary/aromatic N) is 1. The Hall–Kier alpha value is -2.44. The van der Waals surface area contributed by atoms with E-state index >= 15 is 0 Å². The molecule has 0 spiro atoms. The minimum Gasteiger partial charge on any atom is -0.271 e. The van der Waals surface area contributed by atoms with Crippen LogP contribution in [0.15, 0.2) is 77.0 Å². The van der Waals surface area contributed by atoms with Gasteiger partial charge in [0.1, 0.15) is 6.10 Å². The van der Waals surface area contributed by atoms with Crippen LogP contribution < -0.4 is 5.06 Å². The summed E-state index contributed by atoms with van der Waals surface area (Å²) in [5.74, 6) is -0.150. The van der Waals surface area contributed by atoms with Gasteiger partial charge in [-0.25, -0.2) is 8.42 Å². The second-order valence-corrected chi connectivity index (χ2v) is 10.5. The molecule has 158 valence electrons. The Labute approximate surface area is 178 Å². The molecule has 6 heteroatoms. The molecule has 1 saturated carbocycles. The van der Waals surface area contributed by atoms with Gasteiger partial charge in [-0.2, -0.15) is 5.06 Å². The lowest BCUT2D eigenvalue weighted by Gasteiger charge is -2.29. The maximum atomic E-state index is 13.3. The molecule has 2 unspecified atom stereocenters. The van der Waals surface area contributed by atoms with E-state index in [1.807, 2.05) is 37.3 Å². The molecule has 2 aromatic rings. The Bertz CT molecular complexity index is 1040. The smallest absolute Gasteiger partial charge is 0.259 e. The second-order valence-electron chi connectivity index (χ2n) is 8.44. The molecule has 1 aliphatic carbocycles. The average Bonchev–Trinajstić information content (AvgIpc) is 2.91. The summed E-state index contributed by atoms with van der Waals surface area (Å²) in [6, 6.07) is 17.7. The standard InChI is InChI=1S/C24H27NO4S/c1-18(30(27,28)21-14-7-4-8-15-21)17-19-11-9-10-16-24(2)22(19)29-25(23(24)26)20-12-5-3-6-13-20/h3-8,12-15,19,22H,1,9-11,16-17H2,2H3/t19?,22?,24-/m1/s1. The quantitative estimate of drug-likeness (QED) is 0.683. The third-order valence-corrected chi connectivity index (χ3v) is 8.20. The van der Waals surface area contributed by atoms with Crippen LogP contribution in [-0.2, 0) is 19.5 Å². The molecule has 0 radical (unpaired) electrons. The van der Waals surface area contributed by atoms with Crippen LogP contribution >= 0.6 is 0 Å². The monoisotopic (exact) mass is 425 g/mol. The molecule has 4 rings (SSSR count). The predicted molar refractivity (Wildman–Crippen MR) is 116 cm³/mol. The Morgan fingerprint density at radius 2 is 1.73 bits per heavy atom. The zero-order chi connectivity index (χ0) is 21.4. The number of sulfone groups is 1. The van der Waals surface area contributed by atoms with Crippen LogP contribution in [0, 0.1) is 11.3 Å². The summed E-state index contributed by atoms with van der Waals surface area (Å²) in [4.78, 5) is 20.0. The van der Waals surface area contributed by atoms with Crippen molar-refractivity contribution in [1.29, 1.82) is 0 Å². The van der Waals surface area contributed by atoms with Gasteiger partial charge in [-0.1, -0.05) is 55.8 Å². The van der Waals surface area contributed by atoms with Crippen molar-refractivity contribution < 1.29 is 18.0 Å². The van der Waals surface area contributed by atoms with Crippen LogP contribution in [0.2, 0.25) is 0 Å². The maximum Gasteiger partial charge on any atom is 0.259 e. The van der Waals surface area contributed by atoms with E-state index in [-0.39, 0.29) is 34.2 Å². The minimum absolute atomic E-state index is 0.0536. The summed E-state index contributed by atoms with van der Waals surface area (Å²) in [6.45, 7) is 5.87. The van der Waals surface area contributed by atoms with Gasteiger partial charge in [0.25, 0.3) is 5.91 Å². The van der Waals surface area contributed by atoms with Crippen molar-refractivity contribution >= 4 is 21.4 Å². The normalized spacial score (nSPS) is 26.8. The second kappa shape index (κ2) is 8.00. The fourth-order valence-electron chi connectivity index (χ4n) is 4.66. The summed E-state index contributed by atoms with van der Waals surface area (Å²) in [5.41, 5.74) is 0.0274. The van der Waals surface area contributed by atoms with Crippen LogP contribution in [0.25, 0.3) is 0 Å². The molecule has 1 aliphatic heterocycles. The summed E-state index contributed by atoms with van der Waals surface area (Å²) in [5, 5.41) is 1.40. The Morgan fingerprint density at radius 1 is 1.10 bits per heavy atom. The van der Waals surface area contributed by atoms with Crippen LogP contribution in [0.4, 0.5) is 5.69 Å². The highest BCUT2D eigenvalue weighted by Crippen LogP contribution is 2.49. The van der Waals surface area contributed by atoms with E-state index in [1.54, 1.807) is 30.3 Å². The summed E-state index contributed by atoms with van der Waals surface area (Å²) >= 11 is 0. The number of carbonyl (C=O) groups excluding carboxylic acids is 1. The molecule has 30 heavy (non-hydrogen) atoms. The third-order valence-electron chi connectivity index (χ3n) is 6.38. The predicted octanol–water partition coefficient (Wildman–Crippen LogP) is 4.91. The fourth-order valence-corrected chi connectivity index (χ4v) is 5.94. The van der Waals surface area contributed by atoms with Crippen molar-refractivity contribution in [3.05, 3.63) is 72.1 Å². The minimum atomic E-state index is -3.63. The Morgan fingerprint density at radius 3 is 2.40 bits per heavy atom. The van der Waals surface area contributed by atoms with Gasteiger partial charge in [-0.05, 0) is 56.4 Å². The third kappa shape index (κ3) is 3.59. The molecule has 0 bridgehead atoms. The Kier molecular flexibility index (Phi) is 5.55. The van der Waals surface area contributed by atoms with Gasteiger partial charge in [0, 0.05) is 4.91 Å². The van der Waals surface area contributed by atoms with Crippen molar-refractivity contribution in [2.24, 2.45) is 11.3 Å². The molecule has 1 saturated heterocycles. The molecule has 5 nitrogen and oxygen atoms in total. The first-order valence-electron chi connectivity index (χ1n) is 10.4. The van der Waals surface area contributed by atoms with Crippen LogP contribution in [0.1, 0.15) is 39.0 Å². The lowest BCUT2D eigenvalue weighted by Crippen LogP contribution is -2.38. The van der Waals surface area contributed by atoms with Crippen molar-refractivity contribution in [3.63, 3.8) is 0 Å². The Balaban J connectivity index is 1.61. The number of para-hydroxylation sites is 1. The SMILES string of the molecule is C=C(CC1CCCC[C@@]2(C)C(=O)N(c3ccccc3)OC12)S(=O)(=O)c1ccccc1. The number of hydrogen-bond acceptors (Lipinski definition) is 4. The fraction of sp³-hybridized carbons (Fsp3) is 0.375. The largest absolute Gasteiger partial charge is 0.271 e. The van der Waals surface area contributed by atoms with Gasteiger partial charge in [0.15, 0.2) is 0 Å². The number of allylic oxidation sites excluding steroid dienone is 1. The molecule has 1 amide bonds. The molecule has 0 N–H and O–H groups in total. The zero-order valence-electron chi connectivity index (χ0n) is 17.2. The first-order valence-corrected chi connectivity index (χ1v) is 11.9. The first-order chi connectivity index (χ1) is 14.3. The van der Waals surface area contributed by atoms with Crippen LogP contribution in [-0.4, -0.2) is 20.4 Å². The molecule has 0 aromatic heterocycles. The number of hydrogen-bond donors (Lipinski definition) is 0. The molecule has 1 heterocycles. The van der Waals surface area contributed by atoms with E-state index in [1.165, 1.54) is 5.06 Å². The van der Waals surface area contributed by atoms with E-state index in [0.717, 1.165) is 25.7 Å². The number of anilines is 1. The van der Waals surface area contributed by atoms with Crippen molar-refractivity contribution in [1.82, 2.24) is 0 Å². The van der Waals surface area contributed by atoms with Crippen LogP contribution in [0.5, 0.6) is 0 Å². The van der Waals surface area contributed by atoms with Gasteiger partial charge in [0.2, 0.25) is 9.84 Å². The van der Waals surface area contributed by atoms with Gasteiger partial charge in [0.05, 0.1) is 16.0 Å². The van der Waals surface area contributed by atoms with Crippen molar-refractivity contribution in [2.75, 3.05) is 5.06 Å². The van der Waals surface area contributed by atoms with Gasteiger partial charge in [-0.3, -0.25) is 9.63 Å². The number of fused-ring (bicyclic) bond motifs is 1. The number of carbonyl (C=O) groups is 1. The number of rotatable bonds is 5. The first kappa shape index (κ1) is 20.8. The van der Waals surface area contributed by atoms with Crippen molar-refractivity contribution in [3.8, 4) is 0 Å². The zero-order valence-corrected chi connectivity index (χ0v) is 18.0. The number of amides is 1. The van der Waals surface area contributed by atoms with E-state index in [9.17, 15) is 13.2 Å². The highest BCUT2D eigenvalue weighted by molar-refractivity contribution is 7.95. The van der Waals surface area contributed by atoms with Crippen LogP contribution in [0.3, 0.4) is 0 Å². The van der Waals surface area contributed by atoms with Gasteiger partial charge in [-0.15, -0.1) is 0 Å².